The molecule has 3 aromatic rings. The summed E-state index contributed by atoms with van der Waals surface area (Å²) in [7, 11) is 0. The normalized spacial score (nSPS) is 24.3. The Morgan fingerprint density at radius 1 is 1.20 bits per heavy atom. The lowest BCUT2D eigenvalue weighted by atomic mass is 9.81. The van der Waals surface area contributed by atoms with E-state index in [1.54, 1.807) is 0 Å². The first-order valence-electron chi connectivity index (χ1n) is 13.5. The summed E-state index contributed by atoms with van der Waals surface area (Å²) in [5.41, 5.74) is 1.12. The molecule has 2 N–H and O–H groups in total. The van der Waals surface area contributed by atoms with Crippen LogP contribution in [0.15, 0.2) is 17.0 Å². The van der Waals surface area contributed by atoms with Gasteiger partial charge in [0.2, 0.25) is 11.8 Å². The van der Waals surface area contributed by atoms with Gasteiger partial charge in [0.05, 0.1) is 35.7 Å². The molecule has 1 aliphatic heterocycles. The third-order valence-electron chi connectivity index (χ3n) is 8.17. The van der Waals surface area contributed by atoms with E-state index in [9.17, 15) is 31.5 Å². The highest BCUT2D eigenvalue weighted by Crippen LogP contribution is 2.43. The average Bonchev–Trinajstić information content (AvgIpc) is 3.48. The van der Waals surface area contributed by atoms with Crippen LogP contribution in [-0.4, -0.2) is 60.4 Å². The lowest BCUT2D eigenvalue weighted by Crippen LogP contribution is -2.47. The predicted molar refractivity (Wildman–Crippen MR) is 129 cm³/mol. The third kappa shape index (κ3) is 5.86. The molecule has 0 bridgehead atoms. The van der Waals surface area contributed by atoms with E-state index in [1.165, 1.54) is 16.9 Å². The van der Waals surface area contributed by atoms with Crippen LogP contribution in [0.4, 0.5) is 22.0 Å². The SMILES string of the molecule is O=C(N[C@H](c1cn2nc(CC3C[C@@H](C(F)(F)F)CNC3=O)cnc2n1)C1CCC(F)(F)CC1)c1nonc1C1CC1. The number of alkyl halides is 5. The van der Waals surface area contributed by atoms with Crippen molar-refractivity contribution in [3.05, 3.63) is 35.2 Å². The smallest absolute Gasteiger partial charge is 0.355 e. The summed E-state index contributed by atoms with van der Waals surface area (Å²) in [5.74, 6) is -6.53. The highest BCUT2D eigenvalue weighted by molar-refractivity contribution is 5.93. The van der Waals surface area contributed by atoms with Crippen molar-refractivity contribution in [3.8, 4) is 0 Å². The third-order valence-corrected chi connectivity index (χ3v) is 8.17. The molecule has 2 aliphatic carbocycles. The van der Waals surface area contributed by atoms with E-state index >= 15 is 0 Å². The van der Waals surface area contributed by atoms with Crippen molar-refractivity contribution < 1.29 is 36.2 Å². The van der Waals surface area contributed by atoms with Crippen LogP contribution in [0.2, 0.25) is 0 Å². The van der Waals surface area contributed by atoms with E-state index in [2.05, 4.69) is 36.0 Å². The molecule has 3 aliphatic rings. The van der Waals surface area contributed by atoms with Crippen molar-refractivity contribution >= 4 is 17.6 Å². The number of hydrogen-bond acceptors (Lipinski definition) is 8. The fourth-order valence-electron chi connectivity index (χ4n) is 5.68. The molecule has 16 heteroatoms. The molecular weight excluding hydrogens is 555 g/mol. The van der Waals surface area contributed by atoms with Gasteiger partial charge in [0.25, 0.3) is 11.7 Å². The molecule has 2 saturated carbocycles. The molecule has 3 atom stereocenters. The van der Waals surface area contributed by atoms with E-state index < -0.39 is 48.3 Å². The Morgan fingerprint density at radius 2 is 1.95 bits per heavy atom. The Kier molecular flexibility index (Phi) is 6.88. The van der Waals surface area contributed by atoms with Crippen molar-refractivity contribution in [2.24, 2.45) is 17.8 Å². The molecule has 4 heterocycles. The molecule has 1 saturated heterocycles. The topological polar surface area (TPSA) is 140 Å². The molecule has 1 unspecified atom stereocenters. The number of piperidine rings is 1. The zero-order chi connectivity index (χ0) is 28.9. The van der Waals surface area contributed by atoms with Gasteiger partial charge in [-0.15, -0.1) is 0 Å². The fraction of sp³-hybridized carbons (Fsp3) is 0.640. The molecule has 0 spiro atoms. The number of fused-ring (bicyclic) bond motifs is 1. The second-order valence-electron chi connectivity index (χ2n) is 11.2. The van der Waals surface area contributed by atoms with E-state index in [4.69, 9.17) is 4.63 Å². The van der Waals surface area contributed by atoms with E-state index in [1.807, 2.05) is 0 Å². The maximum Gasteiger partial charge on any atom is 0.393 e. The zero-order valence-corrected chi connectivity index (χ0v) is 21.7. The summed E-state index contributed by atoms with van der Waals surface area (Å²) >= 11 is 0. The average molecular weight is 583 g/mol. The van der Waals surface area contributed by atoms with Gasteiger partial charge >= 0.3 is 6.18 Å². The number of imidazole rings is 1. The van der Waals surface area contributed by atoms with Crippen LogP contribution in [-0.2, 0) is 11.2 Å². The molecule has 6 rings (SSSR count). The van der Waals surface area contributed by atoms with E-state index in [-0.39, 0.29) is 67.5 Å². The van der Waals surface area contributed by atoms with E-state index in [0.717, 1.165) is 12.8 Å². The summed E-state index contributed by atoms with van der Waals surface area (Å²) < 4.78 is 73.7. The summed E-state index contributed by atoms with van der Waals surface area (Å²) in [4.78, 5) is 34.2. The van der Waals surface area contributed by atoms with Crippen molar-refractivity contribution in [3.63, 3.8) is 0 Å². The molecule has 41 heavy (non-hydrogen) atoms. The molecule has 11 nitrogen and oxygen atoms in total. The Labute approximate surface area is 229 Å². The van der Waals surface area contributed by atoms with Crippen LogP contribution in [0.25, 0.3) is 5.78 Å². The molecular formula is C25H27F5N8O3. The van der Waals surface area contributed by atoms with Crippen LogP contribution in [0.3, 0.4) is 0 Å². The van der Waals surface area contributed by atoms with Gasteiger partial charge in [-0.2, -0.15) is 18.3 Å². The number of halogens is 5. The van der Waals surface area contributed by atoms with Crippen molar-refractivity contribution in [1.29, 1.82) is 0 Å². The van der Waals surface area contributed by atoms with Gasteiger partial charge < -0.3 is 10.6 Å². The first kappa shape index (κ1) is 27.4. The summed E-state index contributed by atoms with van der Waals surface area (Å²) in [6, 6.07) is -0.772. The molecule has 3 fully saturated rings. The first-order chi connectivity index (χ1) is 19.5. The Balaban J connectivity index is 1.24. The van der Waals surface area contributed by atoms with Gasteiger partial charge in [0.15, 0.2) is 5.69 Å². The van der Waals surface area contributed by atoms with Gasteiger partial charge in [0, 0.05) is 37.6 Å². The molecule has 2 amide bonds. The predicted octanol–water partition coefficient (Wildman–Crippen LogP) is 3.54. The lowest BCUT2D eigenvalue weighted by molar-refractivity contribution is -0.183. The molecule has 0 aromatic carbocycles. The Bertz CT molecular complexity index is 1440. The molecule has 3 aromatic heterocycles. The minimum absolute atomic E-state index is 0.0452. The second kappa shape index (κ2) is 10.3. The lowest BCUT2D eigenvalue weighted by Gasteiger charge is -2.33. The number of nitrogens with zero attached hydrogens (tertiary/aromatic N) is 6. The van der Waals surface area contributed by atoms with Crippen molar-refractivity contribution in [1.82, 2.24) is 40.5 Å². The minimum Gasteiger partial charge on any atom is -0.355 e. The van der Waals surface area contributed by atoms with Gasteiger partial charge in [-0.1, -0.05) is 5.16 Å². The van der Waals surface area contributed by atoms with Gasteiger partial charge in [-0.05, 0) is 43.2 Å². The summed E-state index contributed by atoms with van der Waals surface area (Å²) in [6.45, 7) is -0.457. The highest BCUT2D eigenvalue weighted by Gasteiger charge is 2.45. The Hall–Kier alpha value is -3.72. The van der Waals surface area contributed by atoms with Crippen molar-refractivity contribution in [2.45, 2.75) is 75.4 Å². The maximum atomic E-state index is 14.0. The second-order valence-corrected chi connectivity index (χ2v) is 11.2. The summed E-state index contributed by atoms with van der Waals surface area (Å²) in [6.07, 6.45) is -0.657. The van der Waals surface area contributed by atoms with Crippen LogP contribution in [0, 0.1) is 17.8 Å². The molecule has 220 valence electrons. The number of amides is 2. The zero-order valence-electron chi connectivity index (χ0n) is 21.7. The number of hydrogen-bond donors (Lipinski definition) is 2. The minimum atomic E-state index is -4.43. The van der Waals surface area contributed by atoms with Crippen LogP contribution >= 0.6 is 0 Å². The number of rotatable bonds is 7. The molecule has 0 radical (unpaired) electrons. The van der Waals surface area contributed by atoms with Gasteiger partial charge in [-0.25, -0.2) is 27.9 Å². The van der Waals surface area contributed by atoms with Crippen LogP contribution in [0.5, 0.6) is 0 Å². The fourth-order valence-corrected chi connectivity index (χ4v) is 5.68. The number of carbonyl (C=O) groups is 2. The van der Waals surface area contributed by atoms with Crippen LogP contribution in [0.1, 0.15) is 84.5 Å². The first-order valence-corrected chi connectivity index (χ1v) is 13.5. The quantitative estimate of drug-likeness (QED) is 0.403. The van der Waals surface area contributed by atoms with Gasteiger partial charge in [0.1, 0.15) is 5.69 Å². The van der Waals surface area contributed by atoms with Crippen molar-refractivity contribution in [2.75, 3.05) is 6.54 Å². The summed E-state index contributed by atoms with van der Waals surface area (Å²) in [5, 5.41) is 17.2. The van der Waals surface area contributed by atoms with Crippen LogP contribution < -0.4 is 10.6 Å². The highest BCUT2D eigenvalue weighted by atomic mass is 19.4. The largest absolute Gasteiger partial charge is 0.393 e. The number of nitrogens with one attached hydrogen (secondary N) is 2. The van der Waals surface area contributed by atoms with E-state index in [0.29, 0.717) is 11.4 Å². The standard InChI is InChI=1S/C25H27F5N8O3/c26-24(27)5-3-13(4-6-24)18(34-22(40)20-19(12-1-2-12)36-41-37-20)17-11-38-23(33-17)32-10-16(35-38)8-14-7-15(25(28,29)30)9-31-21(14)39/h10-15,18H,1-9H2,(H,31,39)(H,34,40)/t14?,15-,18+/m1/s1. The monoisotopic (exact) mass is 582 g/mol. The Morgan fingerprint density at radius 3 is 2.66 bits per heavy atom. The number of carbonyl (C=O) groups excluding carboxylic acids is 2. The van der Waals surface area contributed by atoms with Gasteiger partial charge in [-0.3, -0.25) is 9.59 Å². The maximum absolute atomic E-state index is 14.0. The number of aromatic nitrogens is 6.